The minimum atomic E-state index is -4.56. The molecular weight excluding hydrogens is 482 g/mol. The molecule has 0 radical (unpaired) electrons. The van der Waals surface area contributed by atoms with Gasteiger partial charge >= 0.3 is 12.2 Å². The summed E-state index contributed by atoms with van der Waals surface area (Å²) in [4.78, 5) is 16.5. The van der Waals surface area contributed by atoms with E-state index in [9.17, 15) is 22.4 Å². The van der Waals surface area contributed by atoms with Crippen molar-refractivity contribution in [3.05, 3.63) is 78.2 Å². The summed E-state index contributed by atoms with van der Waals surface area (Å²) in [6, 6.07) is 11.9. The lowest BCUT2D eigenvalue weighted by Gasteiger charge is -2.13. The third-order valence-electron chi connectivity index (χ3n) is 5.07. The van der Waals surface area contributed by atoms with Gasteiger partial charge in [-0.3, -0.25) is 4.98 Å². The van der Waals surface area contributed by atoms with Crippen molar-refractivity contribution < 1.29 is 36.6 Å². The fourth-order valence-corrected chi connectivity index (χ4v) is 3.38. The molecule has 0 saturated heterocycles. The van der Waals surface area contributed by atoms with Crippen LogP contribution in [0.4, 0.5) is 33.7 Å². The van der Waals surface area contributed by atoms with Gasteiger partial charge in [0.05, 0.1) is 31.0 Å². The molecule has 2 amide bonds. The van der Waals surface area contributed by atoms with Crippen LogP contribution in [-0.2, 0) is 6.18 Å². The molecule has 0 bridgehead atoms. The zero-order valence-corrected chi connectivity index (χ0v) is 18.9. The Kier molecular flexibility index (Phi) is 6.82. The smallest absolute Gasteiger partial charge is 0.416 e. The van der Waals surface area contributed by atoms with E-state index in [-0.39, 0.29) is 17.1 Å². The third kappa shape index (κ3) is 5.40. The average molecular weight is 501 g/mol. The van der Waals surface area contributed by atoms with Crippen LogP contribution in [0.1, 0.15) is 5.56 Å². The Morgan fingerprint density at radius 3 is 2.33 bits per heavy atom. The van der Waals surface area contributed by atoms with Crippen LogP contribution in [0.25, 0.3) is 10.9 Å². The molecule has 1 aromatic heterocycles. The van der Waals surface area contributed by atoms with Crippen LogP contribution < -0.4 is 24.8 Å². The summed E-state index contributed by atoms with van der Waals surface area (Å²) in [6.45, 7) is 0. The van der Waals surface area contributed by atoms with Crippen LogP contribution in [0.5, 0.6) is 23.0 Å². The topological polar surface area (TPSA) is 81.7 Å². The van der Waals surface area contributed by atoms with Gasteiger partial charge in [0.25, 0.3) is 0 Å². The molecule has 0 spiro atoms. The number of amides is 2. The number of fused-ring (bicyclic) bond motifs is 1. The molecule has 0 fully saturated rings. The van der Waals surface area contributed by atoms with E-state index < -0.39 is 23.6 Å². The maximum atomic E-state index is 14.7. The molecule has 11 heteroatoms. The first-order chi connectivity index (χ1) is 17.2. The highest BCUT2D eigenvalue weighted by atomic mass is 19.4. The summed E-state index contributed by atoms with van der Waals surface area (Å²) >= 11 is 0. The number of urea groups is 1. The number of carbonyl (C=O) groups excluding carboxylic acids is 1. The quantitative estimate of drug-likeness (QED) is 0.283. The molecular formula is C25H19F4N3O4. The Morgan fingerprint density at radius 2 is 1.64 bits per heavy atom. The molecule has 36 heavy (non-hydrogen) atoms. The summed E-state index contributed by atoms with van der Waals surface area (Å²) in [5, 5.41) is 5.11. The fraction of sp³-hybridized carbons (Fsp3) is 0.120. The zero-order valence-electron chi connectivity index (χ0n) is 18.9. The normalized spacial score (nSPS) is 11.2. The third-order valence-corrected chi connectivity index (χ3v) is 5.07. The summed E-state index contributed by atoms with van der Waals surface area (Å²) in [6.07, 6.45) is -3.04. The van der Waals surface area contributed by atoms with Crippen molar-refractivity contribution in [3.63, 3.8) is 0 Å². The maximum absolute atomic E-state index is 14.7. The first-order valence-corrected chi connectivity index (χ1v) is 10.4. The standard InChI is InChI=1S/C25H19F4N3O4/c1-34-22-12-17-20(13-23(22)35-2)30-9-8-21(17)36-16-6-7-19(18(26)11-16)32-24(33)31-15-5-3-4-14(10-15)25(27,28)29/h3-13H,1-2H3,(H2,31,32,33). The molecule has 1 heterocycles. The van der Waals surface area contributed by atoms with E-state index in [1.54, 1.807) is 18.2 Å². The monoisotopic (exact) mass is 501 g/mol. The number of carbonyl (C=O) groups is 1. The highest BCUT2D eigenvalue weighted by molar-refractivity contribution is 6.00. The fourth-order valence-electron chi connectivity index (χ4n) is 3.38. The van der Waals surface area contributed by atoms with Crippen molar-refractivity contribution in [1.82, 2.24) is 4.98 Å². The van der Waals surface area contributed by atoms with Gasteiger partial charge in [0, 0.05) is 29.4 Å². The van der Waals surface area contributed by atoms with Gasteiger partial charge in [-0.15, -0.1) is 0 Å². The second-order valence-corrected chi connectivity index (χ2v) is 7.43. The number of hydrogen-bond acceptors (Lipinski definition) is 5. The molecule has 0 atom stereocenters. The van der Waals surface area contributed by atoms with E-state index >= 15 is 0 Å². The Labute approximate surface area is 202 Å². The van der Waals surface area contributed by atoms with Crippen molar-refractivity contribution in [2.24, 2.45) is 0 Å². The Morgan fingerprint density at radius 1 is 0.889 bits per heavy atom. The van der Waals surface area contributed by atoms with Gasteiger partial charge in [0.2, 0.25) is 0 Å². The van der Waals surface area contributed by atoms with Crippen molar-refractivity contribution in [3.8, 4) is 23.0 Å². The number of hydrogen-bond donors (Lipinski definition) is 2. The minimum absolute atomic E-state index is 0.0979. The first kappa shape index (κ1) is 24.6. The van der Waals surface area contributed by atoms with E-state index in [4.69, 9.17) is 14.2 Å². The SMILES string of the molecule is COc1cc2nccc(Oc3ccc(NC(=O)Nc4cccc(C(F)(F)F)c4)c(F)c3)c2cc1OC. The number of rotatable bonds is 6. The molecule has 4 aromatic rings. The number of alkyl halides is 3. The van der Waals surface area contributed by atoms with Crippen molar-refractivity contribution in [2.75, 3.05) is 24.9 Å². The van der Waals surface area contributed by atoms with Crippen molar-refractivity contribution in [2.45, 2.75) is 6.18 Å². The van der Waals surface area contributed by atoms with Crippen LogP contribution in [0.2, 0.25) is 0 Å². The zero-order chi connectivity index (χ0) is 25.9. The number of benzene rings is 3. The second kappa shape index (κ2) is 9.98. The summed E-state index contributed by atoms with van der Waals surface area (Å²) < 4.78 is 69.7. The van der Waals surface area contributed by atoms with Gasteiger partial charge in [-0.25, -0.2) is 9.18 Å². The van der Waals surface area contributed by atoms with Crippen molar-refractivity contribution >= 4 is 28.3 Å². The van der Waals surface area contributed by atoms with E-state index in [2.05, 4.69) is 15.6 Å². The maximum Gasteiger partial charge on any atom is 0.416 e. The largest absolute Gasteiger partial charge is 0.493 e. The summed E-state index contributed by atoms with van der Waals surface area (Å²) in [7, 11) is 2.99. The van der Waals surface area contributed by atoms with Crippen LogP contribution in [-0.4, -0.2) is 25.2 Å². The lowest BCUT2D eigenvalue weighted by molar-refractivity contribution is -0.137. The van der Waals surface area contributed by atoms with Crippen molar-refractivity contribution in [1.29, 1.82) is 0 Å². The molecule has 4 rings (SSSR count). The molecule has 2 N–H and O–H groups in total. The number of halogens is 4. The van der Waals surface area contributed by atoms with Gasteiger partial charge in [0.1, 0.15) is 17.3 Å². The lowest BCUT2D eigenvalue weighted by atomic mass is 10.2. The number of ether oxygens (including phenoxy) is 3. The van der Waals surface area contributed by atoms with E-state index in [0.29, 0.717) is 28.2 Å². The molecule has 186 valence electrons. The van der Waals surface area contributed by atoms with Gasteiger partial charge in [-0.1, -0.05) is 6.07 Å². The number of pyridine rings is 1. The number of nitrogens with one attached hydrogen (secondary N) is 2. The number of anilines is 2. The Bertz CT molecular complexity index is 1430. The second-order valence-electron chi connectivity index (χ2n) is 7.43. The van der Waals surface area contributed by atoms with E-state index in [0.717, 1.165) is 24.3 Å². The Balaban J connectivity index is 1.50. The van der Waals surface area contributed by atoms with Gasteiger partial charge in [-0.05, 0) is 42.5 Å². The summed E-state index contributed by atoms with van der Waals surface area (Å²) in [5.41, 5.74) is -0.653. The Hall–Kier alpha value is -4.54. The van der Waals surface area contributed by atoms with Gasteiger partial charge < -0.3 is 24.8 Å². The van der Waals surface area contributed by atoms with Crippen LogP contribution in [0, 0.1) is 5.82 Å². The molecule has 3 aromatic carbocycles. The highest BCUT2D eigenvalue weighted by Crippen LogP contribution is 2.37. The van der Waals surface area contributed by atoms with Crippen LogP contribution in [0.15, 0.2) is 66.9 Å². The van der Waals surface area contributed by atoms with E-state index in [1.165, 1.54) is 38.6 Å². The minimum Gasteiger partial charge on any atom is -0.493 e. The number of nitrogens with zero attached hydrogens (tertiary/aromatic N) is 1. The van der Waals surface area contributed by atoms with Crippen LogP contribution >= 0.6 is 0 Å². The lowest BCUT2D eigenvalue weighted by Crippen LogP contribution is -2.20. The van der Waals surface area contributed by atoms with Crippen LogP contribution in [0.3, 0.4) is 0 Å². The number of methoxy groups -OCH3 is 2. The first-order valence-electron chi connectivity index (χ1n) is 10.4. The van der Waals surface area contributed by atoms with Gasteiger partial charge in [-0.2, -0.15) is 13.2 Å². The molecule has 7 nitrogen and oxygen atoms in total. The molecule has 0 unspecified atom stereocenters. The highest BCUT2D eigenvalue weighted by Gasteiger charge is 2.30. The predicted octanol–water partition coefficient (Wildman–Crippen LogP) is 6.85. The summed E-state index contributed by atoms with van der Waals surface area (Å²) in [5.74, 6) is 0.645. The predicted molar refractivity (Wildman–Crippen MR) is 125 cm³/mol. The molecule has 0 aliphatic rings. The van der Waals surface area contributed by atoms with Gasteiger partial charge in [0.15, 0.2) is 11.5 Å². The average Bonchev–Trinajstić information content (AvgIpc) is 2.84. The molecule has 0 saturated carbocycles. The number of aromatic nitrogens is 1. The molecule has 0 aliphatic carbocycles. The van der Waals surface area contributed by atoms with E-state index in [1.807, 2.05) is 0 Å². The molecule has 0 aliphatic heterocycles.